The van der Waals surface area contributed by atoms with Gasteiger partial charge in [0.1, 0.15) is 4.34 Å². The van der Waals surface area contributed by atoms with Crippen molar-refractivity contribution < 1.29 is 9.59 Å². The number of nitrogens with one attached hydrogen (secondary N) is 1. The Hall–Kier alpha value is -1.64. The molecule has 0 radical (unpaired) electrons. The summed E-state index contributed by atoms with van der Waals surface area (Å²) < 4.78 is 1.49. The molecule has 2 aliphatic heterocycles. The molecular weight excluding hydrogens is 440 g/mol. The zero-order valence-corrected chi connectivity index (χ0v) is 17.1. The van der Waals surface area contributed by atoms with Gasteiger partial charge in [-0.25, -0.2) is 9.78 Å². The monoisotopic (exact) mass is 454 g/mol. The van der Waals surface area contributed by atoms with E-state index in [0.29, 0.717) is 29.1 Å². The van der Waals surface area contributed by atoms with Gasteiger partial charge in [-0.3, -0.25) is 15.0 Å². The Kier molecular flexibility index (Phi) is 4.45. The highest BCUT2D eigenvalue weighted by atomic mass is 79.9. The Morgan fingerprint density at radius 3 is 2.85 bits per heavy atom. The molecule has 2 aliphatic rings. The van der Waals surface area contributed by atoms with Crippen molar-refractivity contribution in [1.29, 1.82) is 0 Å². The number of hydrogen-bond acceptors (Lipinski definition) is 4. The number of fused-ring (bicyclic) bond motifs is 2. The van der Waals surface area contributed by atoms with Crippen molar-refractivity contribution in [3.05, 3.63) is 38.8 Å². The standard InChI is InChI=1S/C17H16BrClN4O2S/c1-10(24)22-5-4-17(8-22)9-23(13-3-2-11(18)6-12(13)17)16(25)21-15-20-7-14(19)26-15/h2-3,6-7H,4-5,8-9H2,1H3,(H,20,21,25)/t17-/m1/s1. The fourth-order valence-corrected chi connectivity index (χ4v) is 4.95. The van der Waals surface area contributed by atoms with E-state index >= 15 is 0 Å². The van der Waals surface area contributed by atoms with Crippen LogP contribution in [0.5, 0.6) is 0 Å². The van der Waals surface area contributed by atoms with Gasteiger partial charge >= 0.3 is 6.03 Å². The van der Waals surface area contributed by atoms with Gasteiger partial charge in [0.15, 0.2) is 5.13 Å². The average Bonchev–Trinajstić information content (AvgIpc) is 3.27. The minimum atomic E-state index is -0.238. The number of rotatable bonds is 1. The number of hydrogen-bond donors (Lipinski definition) is 1. The molecule has 0 aliphatic carbocycles. The zero-order chi connectivity index (χ0) is 18.5. The van der Waals surface area contributed by atoms with Gasteiger partial charge < -0.3 is 4.90 Å². The van der Waals surface area contributed by atoms with Crippen molar-refractivity contribution in [3.63, 3.8) is 0 Å². The summed E-state index contributed by atoms with van der Waals surface area (Å²) in [5.74, 6) is 0.0683. The highest BCUT2D eigenvalue weighted by Gasteiger charge is 2.49. The van der Waals surface area contributed by atoms with E-state index in [1.165, 1.54) is 17.5 Å². The normalized spacial score (nSPS) is 21.3. The van der Waals surface area contributed by atoms with Crippen LogP contribution in [0.3, 0.4) is 0 Å². The highest BCUT2D eigenvalue weighted by Crippen LogP contribution is 2.47. The molecule has 1 aromatic heterocycles. The maximum Gasteiger partial charge on any atom is 0.328 e. The molecule has 1 spiro atoms. The number of aromatic nitrogens is 1. The van der Waals surface area contributed by atoms with Crippen LogP contribution < -0.4 is 10.2 Å². The lowest BCUT2D eigenvalue weighted by Crippen LogP contribution is -2.41. The summed E-state index contributed by atoms with van der Waals surface area (Å²) in [4.78, 5) is 32.4. The van der Waals surface area contributed by atoms with Crippen LogP contribution in [0.25, 0.3) is 0 Å². The number of nitrogens with zero attached hydrogens (tertiary/aromatic N) is 3. The predicted molar refractivity (Wildman–Crippen MR) is 106 cm³/mol. The number of amides is 3. The Morgan fingerprint density at radius 2 is 2.19 bits per heavy atom. The first kappa shape index (κ1) is 17.8. The van der Waals surface area contributed by atoms with Gasteiger partial charge in [-0.15, -0.1) is 0 Å². The highest BCUT2D eigenvalue weighted by molar-refractivity contribution is 9.10. The van der Waals surface area contributed by atoms with Crippen LogP contribution in [0.15, 0.2) is 28.9 Å². The first-order valence-corrected chi connectivity index (χ1v) is 10.1. The predicted octanol–water partition coefficient (Wildman–Crippen LogP) is 4.10. The van der Waals surface area contributed by atoms with Crippen molar-refractivity contribution in [1.82, 2.24) is 9.88 Å². The number of carbonyl (C=O) groups excluding carboxylic acids is 2. The van der Waals surface area contributed by atoms with Gasteiger partial charge in [-0.05, 0) is 30.2 Å². The minimum Gasteiger partial charge on any atom is -0.342 e. The van der Waals surface area contributed by atoms with Crippen LogP contribution in [0.4, 0.5) is 15.6 Å². The Balaban J connectivity index is 1.66. The summed E-state index contributed by atoms with van der Waals surface area (Å²) in [5.41, 5.74) is 1.74. The largest absolute Gasteiger partial charge is 0.342 e. The molecule has 3 heterocycles. The second-order valence-electron chi connectivity index (χ2n) is 6.62. The second-order valence-corrected chi connectivity index (χ2v) is 9.20. The number of likely N-dealkylation sites (tertiary alicyclic amines) is 1. The molecule has 1 saturated heterocycles. The van der Waals surface area contributed by atoms with Gasteiger partial charge in [0.25, 0.3) is 0 Å². The lowest BCUT2D eigenvalue weighted by molar-refractivity contribution is -0.127. The van der Waals surface area contributed by atoms with Crippen LogP contribution >= 0.6 is 38.9 Å². The first-order valence-electron chi connectivity index (χ1n) is 8.13. The van der Waals surface area contributed by atoms with E-state index in [1.807, 2.05) is 17.0 Å². The third kappa shape index (κ3) is 3.00. The molecule has 9 heteroatoms. The van der Waals surface area contributed by atoms with E-state index in [-0.39, 0.29) is 17.4 Å². The molecule has 1 aromatic carbocycles. The summed E-state index contributed by atoms with van der Waals surface area (Å²) >= 11 is 10.6. The molecule has 1 N–H and O–H groups in total. The maximum absolute atomic E-state index is 12.9. The first-order chi connectivity index (χ1) is 12.4. The molecule has 0 bridgehead atoms. The number of carbonyl (C=O) groups is 2. The van der Waals surface area contributed by atoms with Crippen LogP contribution in [0.1, 0.15) is 18.9 Å². The van der Waals surface area contributed by atoms with Gasteiger partial charge in [0.05, 0.1) is 6.20 Å². The summed E-state index contributed by atoms with van der Waals surface area (Å²) in [6, 6.07) is 5.69. The van der Waals surface area contributed by atoms with Crippen molar-refractivity contribution in [3.8, 4) is 0 Å². The molecule has 0 saturated carbocycles. The summed E-state index contributed by atoms with van der Waals surface area (Å²) in [7, 11) is 0. The summed E-state index contributed by atoms with van der Waals surface area (Å²) in [6.45, 7) is 3.46. The van der Waals surface area contributed by atoms with Crippen LogP contribution in [0.2, 0.25) is 4.34 Å². The van der Waals surface area contributed by atoms with Crippen molar-refractivity contribution in [2.24, 2.45) is 0 Å². The Morgan fingerprint density at radius 1 is 1.38 bits per heavy atom. The second kappa shape index (κ2) is 6.51. The van der Waals surface area contributed by atoms with E-state index in [2.05, 4.69) is 32.3 Å². The van der Waals surface area contributed by atoms with E-state index < -0.39 is 0 Å². The molecule has 2 aromatic rings. The SMILES string of the molecule is CC(=O)N1CC[C@@]2(C1)CN(C(=O)Nc1ncc(Cl)s1)c1ccc(Br)cc12. The molecule has 6 nitrogen and oxygen atoms in total. The fraction of sp³-hybridized carbons (Fsp3) is 0.353. The van der Waals surface area contributed by atoms with Crippen molar-refractivity contribution in [2.75, 3.05) is 29.9 Å². The van der Waals surface area contributed by atoms with Crippen LogP contribution in [-0.4, -0.2) is 41.5 Å². The lowest BCUT2D eigenvalue weighted by Gasteiger charge is -2.25. The summed E-state index contributed by atoms with van der Waals surface area (Å²) in [5, 5.41) is 3.29. The summed E-state index contributed by atoms with van der Waals surface area (Å²) in [6.07, 6.45) is 2.35. The van der Waals surface area contributed by atoms with Gasteiger partial charge in [0.2, 0.25) is 5.91 Å². The molecular formula is C17H16BrClN4O2S. The quantitative estimate of drug-likeness (QED) is 0.704. The number of anilines is 2. The number of halogens is 2. The van der Waals surface area contributed by atoms with E-state index in [9.17, 15) is 9.59 Å². The molecule has 3 amide bonds. The smallest absolute Gasteiger partial charge is 0.328 e. The van der Waals surface area contributed by atoms with Gasteiger partial charge in [0, 0.05) is 42.1 Å². The average molecular weight is 456 g/mol. The molecule has 4 rings (SSSR count). The van der Waals surface area contributed by atoms with E-state index in [0.717, 1.165) is 22.1 Å². The minimum absolute atomic E-state index is 0.0683. The third-order valence-corrected chi connectivity index (χ3v) is 6.54. The number of thiazole rings is 1. The van der Waals surface area contributed by atoms with Gasteiger partial charge in [-0.2, -0.15) is 0 Å². The number of benzene rings is 1. The molecule has 0 unspecified atom stereocenters. The molecule has 26 heavy (non-hydrogen) atoms. The fourth-order valence-electron chi connectivity index (χ4n) is 3.78. The zero-order valence-electron chi connectivity index (χ0n) is 14.0. The van der Waals surface area contributed by atoms with Crippen molar-refractivity contribution >= 4 is 61.6 Å². The lowest BCUT2D eigenvalue weighted by atomic mass is 9.81. The Labute approximate surface area is 168 Å². The molecule has 1 fully saturated rings. The van der Waals surface area contributed by atoms with E-state index in [4.69, 9.17) is 11.6 Å². The van der Waals surface area contributed by atoms with Crippen molar-refractivity contribution in [2.45, 2.75) is 18.8 Å². The van der Waals surface area contributed by atoms with Crippen LogP contribution in [0, 0.1) is 0 Å². The molecule has 1 atom stereocenters. The maximum atomic E-state index is 12.9. The molecule has 136 valence electrons. The number of urea groups is 1. The van der Waals surface area contributed by atoms with Crippen LogP contribution in [-0.2, 0) is 10.2 Å². The van der Waals surface area contributed by atoms with E-state index in [1.54, 1.807) is 11.8 Å². The van der Waals surface area contributed by atoms with Gasteiger partial charge in [-0.1, -0.05) is 38.9 Å². The third-order valence-electron chi connectivity index (χ3n) is 5.02. The topological polar surface area (TPSA) is 65.5 Å². The Bertz CT molecular complexity index is 905.